The van der Waals surface area contributed by atoms with Crippen molar-refractivity contribution < 1.29 is 9.53 Å². The molecule has 0 spiro atoms. The molecule has 0 bridgehead atoms. The third kappa shape index (κ3) is 5.23. The van der Waals surface area contributed by atoms with Gasteiger partial charge in [-0.25, -0.2) is 0 Å². The smallest absolute Gasteiger partial charge is 0.127 e. The third-order valence-corrected chi connectivity index (χ3v) is 4.66. The quantitative estimate of drug-likeness (QED) is 0.500. The number of aldehydes is 1. The Morgan fingerprint density at radius 3 is 2.37 bits per heavy atom. The topological polar surface area (TPSA) is 29.5 Å². The number of methoxy groups -OCH3 is 1. The highest BCUT2D eigenvalue weighted by molar-refractivity contribution is 5.59. The van der Waals surface area contributed by atoms with E-state index < -0.39 is 0 Å². The molecule has 0 aromatic rings. The average Bonchev–Trinajstić information content (AvgIpc) is 2.68. The molecular weight excluding hydrogens is 238 g/mol. The van der Waals surface area contributed by atoms with Gasteiger partial charge in [0.1, 0.15) is 6.29 Å². The van der Waals surface area contributed by atoms with Gasteiger partial charge in [0, 0.05) is 31.7 Å². The van der Waals surface area contributed by atoms with Crippen LogP contribution in [-0.4, -0.2) is 44.0 Å². The van der Waals surface area contributed by atoms with E-state index in [-0.39, 0.29) is 5.41 Å². The zero-order chi connectivity index (χ0) is 14.1. The van der Waals surface area contributed by atoms with E-state index in [4.69, 9.17) is 4.74 Å². The van der Waals surface area contributed by atoms with Crippen molar-refractivity contribution in [2.24, 2.45) is 5.41 Å². The van der Waals surface area contributed by atoms with Crippen molar-refractivity contribution in [2.45, 2.75) is 64.8 Å². The van der Waals surface area contributed by atoms with Crippen molar-refractivity contribution in [1.29, 1.82) is 0 Å². The van der Waals surface area contributed by atoms with E-state index >= 15 is 0 Å². The van der Waals surface area contributed by atoms with Gasteiger partial charge in [0.15, 0.2) is 0 Å². The number of hydrogen-bond donors (Lipinski definition) is 0. The van der Waals surface area contributed by atoms with Crippen LogP contribution < -0.4 is 0 Å². The molecule has 19 heavy (non-hydrogen) atoms. The van der Waals surface area contributed by atoms with Crippen molar-refractivity contribution in [2.75, 3.05) is 26.8 Å². The molecule has 0 heterocycles. The SMILES string of the molecule is CCC(C)N(CCOC)CC1(C=O)CCCCCC1. The van der Waals surface area contributed by atoms with Gasteiger partial charge < -0.3 is 9.53 Å². The first-order chi connectivity index (χ1) is 9.17. The highest BCUT2D eigenvalue weighted by Gasteiger charge is 2.33. The molecule has 1 atom stereocenters. The van der Waals surface area contributed by atoms with Gasteiger partial charge in [0.25, 0.3) is 0 Å². The molecule has 0 radical (unpaired) electrons. The van der Waals surface area contributed by atoms with Crippen molar-refractivity contribution >= 4 is 6.29 Å². The zero-order valence-electron chi connectivity index (χ0n) is 13.0. The largest absolute Gasteiger partial charge is 0.383 e. The van der Waals surface area contributed by atoms with Gasteiger partial charge in [0.05, 0.1) is 6.61 Å². The molecule has 1 aliphatic rings. The minimum atomic E-state index is -0.104. The zero-order valence-corrected chi connectivity index (χ0v) is 13.0. The Morgan fingerprint density at radius 2 is 1.89 bits per heavy atom. The molecule has 1 saturated carbocycles. The van der Waals surface area contributed by atoms with E-state index in [0.29, 0.717) is 6.04 Å². The average molecular weight is 269 g/mol. The van der Waals surface area contributed by atoms with Gasteiger partial charge in [-0.3, -0.25) is 4.90 Å². The summed E-state index contributed by atoms with van der Waals surface area (Å²) < 4.78 is 5.22. The fourth-order valence-electron chi connectivity index (χ4n) is 3.07. The van der Waals surface area contributed by atoms with Crippen LogP contribution in [0.1, 0.15) is 58.8 Å². The van der Waals surface area contributed by atoms with E-state index in [0.717, 1.165) is 39.0 Å². The molecule has 3 heteroatoms. The third-order valence-electron chi connectivity index (χ3n) is 4.66. The summed E-state index contributed by atoms with van der Waals surface area (Å²) in [5.74, 6) is 0. The lowest BCUT2D eigenvalue weighted by molar-refractivity contribution is -0.118. The summed E-state index contributed by atoms with van der Waals surface area (Å²) in [6.45, 7) is 7.06. The van der Waals surface area contributed by atoms with Crippen LogP contribution in [0, 0.1) is 5.41 Å². The minimum absolute atomic E-state index is 0.104. The second kappa shape index (κ2) is 8.70. The second-order valence-electron chi connectivity index (χ2n) is 6.11. The monoisotopic (exact) mass is 269 g/mol. The van der Waals surface area contributed by atoms with Gasteiger partial charge in [-0.1, -0.05) is 32.6 Å². The Kier molecular flexibility index (Phi) is 7.62. The van der Waals surface area contributed by atoms with E-state index in [2.05, 4.69) is 18.7 Å². The van der Waals surface area contributed by atoms with Gasteiger partial charge in [0.2, 0.25) is 0 Å². The fourth-order valence-corrected chi connectivity index (χ4v) is 3.07. The fraction of sp³-hybridized carbons (Fsp3) is 0.938. The molecule has 0 amide bonds. The standard InChI is InChI=1S/C16H31NO2/c1-4-15(2)17(11-12-19-3)13-16(14-18)9-7-5-6-8-10-16/h14-15H,4-13H2,1-3H3. The highest BCUT2D eigenvalue weighted by Crippen LogP contribution is 2.34. The Hall–Kier alpha value is -0.410. The Morgan fingerprint density at radius 1 is 1.26 bits per heavy atom. The van der Waals surface area contributed by atoms with Crippen LogP contribution in [0.25, 0.3) is 0 Å². The van der Waals surface area contributed by atoms with E-state index in [1.807, 2.05) is 0 Å². The van der Waals surface area contributed by atoms with Crippen molar-refractivity contribution in [3.05, 3.63) is 0 Å². The number of nitrogens with zero attached hydrogens (tertiary/aromatic N) is 1. The minimum Gasteiger partial charge on any atom is -0.383 e. The van der Waals surface area contributed by atoms with E-state index in [1.54, 1.807) is 7.11 Å². The number of rotatable bonds is 8. The van der Waals surface area contributed by atoms with E-state index in [1.165, 1.54) is 32.0 Å². The van der Waals surface area contributed by atoms with Crippen LogP contribution in [0.2, 0.25) is 0 Å². The predicted octanol–water partition coefficient (Wildman–Crippen LogP) is 3.27. The highest BCUT2D eigenvalue weighted by atomic mass is 16.5. The molecule has 1 rings (SSSR count). The maximum absolute atomic E-state index is 11.7. The lowest BCUT2D eigenvalue weighted by Gasteiger charge is -2.37. The molecule has 3 nitrogen and oxygen atoms in total. The molecular formula is C16H31NO2. The first kappa shape index (κ1) is 16.6. The summed E-state index contributed by atoms with van der Waals surface area (Å²) in [6, 6.07) is 0.523. The van der Waals surface area contributed by atoms with Crippen molar-refractivity contribution in [3.8, 4) is 0 Å². The lowest BCUT2D eigenvalue weighted by Crippen LogP contribution is -2.44. The molecule has 1 fully saturated rings. The molecule has 112 valence electrons. The lowest BCUT2D eigenvalue weighted by atomic mass is 9.81. The van der Waals surface area contributed by atoms with Gasteiger partial charge in [-0.2, -0.15) is 0 Å². The molecule has 0 aliphatic heterocycles. The molecule has 1 aliphatic carbocycles. The number of carbonyl (C=O) groups excluding carboxylic acids is 1. The molecule has 0 saturated heterocycles. The molecule has 0 aromatic heterocycles. The van der Waals surface area contributed by atoms with Crippen molar-refractivity contribution in [3.63, 3.8) is 0 Å². The first-order valence-electron chi connectivity index (χ1n) is 7.87. The molecule has 0 aromatic carbocycles. The van der Waals surface area contributed by atoms with Crippen LogP contribution >= 0.6 is 0 Å². The summed E-state index contributed by atoms with van der Waals surface area (Å²) >= 11 is 0. The summed E-state index contributed by atoms with van der Waals surface area (Å²) in [4.78, 5) is 14.1. The van der Waals surface area contributed by atoms with Crippen molar-refractivity contribution in [1.82, 2.24) is 4.90 Å². The summed E-state index contributed by atoms with van der Waals surface area (Å²) in [7, 11) is 1.75. The Balaban J connectivity index is 2.69. The number of ether oxygens (including phenoxy) is 1. The van der Waals surface area contributed by atoms with Crippen LogP contribution in [0.15, 0.2) is 0 Å². The van der Waals surface area contributed by atoms with Gasteiger partial charge in [-0.05, 0) is 26.2 Å². The maximum Gasteiger partial charge on any atom is 0.127 e. The van der Waals surface area contributed by atoms with Crippen LogP contribution in [0.5, 0.6) is 0 Å². The number of hydrogen-bond acceptors (Lipinski definition) is 3. The second-order valence-corrected chi connectivity index (χ2v) is 6.11. The van der Waals surface area contributed by atoms with Crippen LogP contribution in [-0.2, 0) is 9.53 Å². The van der Waals surface area contributed by atoms with E-state index in [9.17, 15) is 4.79 Å². The summed E-state index contributed by atoms with van der Waals surface area (Å²) in [5, 5.41) is 0. The Bertz CT molecular complexity index is 247. The summed E-state index contributed by atoms with van der Waals surface area (Å²) in [6.07, 6.45) is 9.49. The molecule has 0 N–H and O–H groups in total. The Labute approximate surface area is 118 Å². The normalized spacial score (nSPS) is 21.1. The summed E-state index contributed by atoms with van der Waals surface area (Å²) in [5.41, 5.74) is -0.104. The number of carbonyl (C=O) groups is 1. The first-order valence-corrected chi connectivity index (χ1v) is 7.87. The van der Waals surface area contributed by atoms with Gasteiger partial charge in [-0.15, -0.1) is 0 Å². The molecule has 1 unspecified atom stereocenters. The van der Waals surface area contributed by atoms with Gasteiger partial charge >= 0.3 is 0 Å². The predicted molar refractivity (Wildman–Crippen MR) is 79.4 cm³/mol. The van der Waals surface area contributed by atoms with Crippen LogP contribution in [0.4, 0.5) is 0 Å². The maximum atomic E-state index is 11.7. The van der Waals surface area contributed by atoms with Crippen LogP contribution in [0.3, 0.4) is 0 Å².